The Morgan fingerprint density at radius 2 is 2.00 bits per heavy atom. The van der Waals surface area contributed by atoms with Gasteiger partial charge in [0.2, 0.25) is 5.91 Å². The SMILES string of the molecule is CCC(C)(C)CNC(=O)C(N)CC(=O)O. The summed E-state index contributed by atoms with van der Waals surface area (Å²) >= 11 is 0. The van der Waals surface area contributed by atoms with Crippen LogP contribution in [0, 0.1) is 5.41 Å². The van der Waals surface area contributed by atoms with E-state index in [9.17, 15) is 9.59 Å². The van der Waals surface area contributed by atoms with Crippen LogP contribution in [0.1, 0.15) is 33.6 Å². The lowest BCUT2D eigenvalue weighted by Gasteiger charge is -2.23. The van der Waals surface area contributed by atoms with E-state index in [-0.39, 0.29) is 11.8 Å². The van der Waals surface area contributed by atoms with Crippen molar-refractivity contribution in [3.63, 3.8) is 0 Å². The molecule has 1 atom stereocenters. The summed E-state index contributed by atoms with van der Waals surface area (Å²) < 4.78 is 0. The summed E-state index contributed by atoms with van der Waals surface area (Å²) in [5.74, 6) is -1.47. The summed E-state index contributed by atoms with van der Waals surface area (Å²) in [7, 11) is 0. The van der Waals surface area contributed by atoms with Crippen LogP contribution in [0.25, 0.3) is 0 Å². The van der Waals surface area contributed by atoms with Crippen molar-refractivity contribution in [3.05, 3.63) is 0 Å². The van der Waals surface area contributed by atoms with E-state index in [1.54, 1.807) is 0 Å². The third-order valence-corrected chi connectivity index (χ3v) is 2.43. The van der Waals surface area contributed by atoms with Gasteiger partial charge in [-0.05, 0) is 11.8 Å². The van der Waals surface area contributed by atoms with Crippen LogP contribution in [0.3, 0.4) is 0 Å². The number of hydrogen-bond donors (Lipinski definition) is 3. The topological polar surface area (TPSA) is 92.4 Å². The second-order valence-electron chi connectivity index (χ2n) is 4.44. The molecule has 0 radical (unpaired) electrons. The lowest BCUT2D eigenvalue weighted by molar-refractivity contribution is -0.139. The summed E-state index contributed by atoms with van der Waals surface area (Å²) in [6.45, 7) is 6.59. The number of carboxylic acids is 1. The first-order chi connectivity index (χ1) is 6.78. The molecular formula is C10H20N2O3. The standard InChI is InChI=1S/C10H20N2O3/c1-4-10(2,3)6-12-9(15)7(11)5-8(13)14/h7H,4-6,11H2,1-3H3,(H,12,15)(H,13,14). The Morgan fingerprint density at radius 1 is 1.47 bits per heavy atom. The van der Waals surface area contributed by atoms with Gasteiger partial charge in [0.25, 0.3) is 0 Å². The molecule has 0 saturated heterocycles. The molecule has 1 unspecified atom stereocenters. The highest BCUT2D eigenvalue weighted by Crippen LogP contribution is 2.17. The lowest BCUT2D eigenvalue weighted by Crippen LogP contribution is -2.44. The summed E-state index contributed by atoms with van der Waals surface area (Å²) in [4.78, 5) is 21.7. The number of carbonyl (C=O) groups is 2. The summed E-state index contributed by atoms with van der Waals surface area (Å²) in [5, 5.41) is 11.1. The average molecular weight is 216 g/mol. The fraction of sp³-hybridized carbons (Fsp3) is 0.800. The number of aliphatic carboxylic acids is 1. The van der Waals surface area contributed by atoms with Gasteiger partial charge < -0.3 is 16.2 Å². The second-order valence-corrected chi connectivity index (χ2v) is 4.44. The summed E-state index contributed by atoms with van der Waals surface area (Å²) in [6, 6.07) is -0.963. The van der Waals surface area contributed by atoms with Gasteiger partial charge >= 0.3 is 5.97 Å². The number of nitrogens with two attached hydrogens (primary N) is 1. The molecule has 0 spiro atoms. The minimum atomic E-state index is -1.06. The minimum absolute atomic E-state index is 0.0125. The highest BCUT2D eigenvalue weighted by atomic mass is 16.4. The van der Waals surface area contributed by atoms with Crippen molar-refractivity contribution < 1.29 is 14.7 Å². The third kappa shape index (κ3) is 6.06. The highest BCUT2D eigenvalue weighted by molar-refractivity contribution is 5.85. The van der Waals surface area contributed by atoms with Gasteiger partial charge in [0.05, 0.1) is 12.5 Å². The number of rotatable bonds is 6. The molecule has 0 bridgehead atoms. The monoisotopic (exact) mass is 216 g/mol. The maximum Gasteiger partial charge on any atom is 0.305 e. The number of carboxylic acid groups (broad SMARTS) is 1. The first-order valence-electron chi connectivity index (χ1n) is 5.03. The first kappa shape index (κ1) is 13.9. The number of hydrogen-bond acceptors (Lipinski definition) is 3. The molecule has 0 aromatic heterocycles. The van der Waals surface area contributed by atoms with Gasteiger partial charge in [-0.25, -0.2) is 0 Å². The van der Waals surface area contributed by atoms with E-state index in [1.165, 1.54) is 0 Å². The van der Waals surface area contributed by atoms with Crippen LogP contribution in [0.2, 0.25) is 0 Å². The first-order valence-corrected chi connectivity index (χ1v) is 5.03. The maximum atomic E-state index is 11.3. The van der Waals surface area contributed by atoms with Gasteiger partial charge in [0.15, 0.2) is 0 Å². The molecule has 0 aliphatic rings. The van der Waals surface area contributed by atoms with E-state index in [4.69, 9.17) is 10.8 Å². The molecule has 0 aromatic carbocycles. The Balaban J connectivity index is 3.98. The fourth-order valence-electron chi connectivity index (χ4n) is 0.863. The quantitative estimate of drug-likeness (QED) is 0.597. The summed E-state index contributed by atoms with van der Waals surface area (Å²) in [6.07, 6.45) is 0.597. The van der Waals surface area contributed by atoms with E-state index in [0.29, 0.717) is 6.54 Å². The van der Waals surface area contributed by atoms with Crippen LogP contribution in [-0.2, 0) is 9.59 Å². The number of amides is 1. The minimum Gasteiger partial charge on any atom is -0.481 e. The Labute approximate surface area is 90.0 Å². The van der Waals surface area contributed by atoms with Crippen molar-refractivity contribution in [2.24, 2.45) is 11.1 Å². The molecule has 0 rings (SSSR count). The van der Waals surface area contributed by atoms with Gasteiger partial charge in [0, 0.05) is 6.54 Å². The molecular weight excluding hydrogens is 196 g/mol. The van der Waals surface area contributed by atoms with Crippen LogP contribution in [0.5, 0.6) is 0 Å². The van der Waals surface area contributed by atoms with E-state index >= 15 is 0 Å². The van der Waals surface area contributed by atoms with Crippen LogP contribution in [0.15, 0.2) is 0 Å². The highest BCUT2D eigenvalue weighted by Gasteiger charge is 2.20. The Hall–Kier alpha value is -1.10. The zero-order chi connectivity index (χ0) is 12.1. The largest absolute Gasteiger partial charge is 0.481 e. The summed E-state index contributed by atoms with van der Waals surface area (Å²) in [5.41, 5.74) is 5.41. The van der Waals surface area contributed by atoms with E-state index in [1.807, 2.05) is 20.8 Å². The molecule has 5 heteroatoms. The van der Waals surface area contributed by atoms with Crippen molar-refractivity contribution in [1.82, 2.24) is 5.32 Å². The predicted octanol–water partition coefficient (Wildman–Crippen LogP) is 0.341. The predicted molar refractivity (Wildman–Crippen MR) is 57.3 cm³/mol. The second kappa shape index (κ2) is 5.70. The number of nitrogens with one attached hydrogen (secondary N) is 1. The van der Waals surface area contributed by atoms with Crippen molar-refractivity contribution in [2.75, 3.05) is 6.54 Å². The van der Waals surface area contributed by atoms with E-state index in [2.05, 4.69) is 5.32 Å². The molecule has 0 aromatic rings. The van der Waals surface area contributed by atoms with Crippen molar-refractivity contribution in [2.45, 2.75) is 39.7 Å². The zero-order valence-corrected chi connectivity index (χ0v) is 9.54. The lowest BCUT2D eigenvalue weighted by atomic mass is 9.90. The van der Waals surface area contributed by atoms with Crippen LogP contribution >= 0.6 is 0 Å². The molecule has 0 heterocycles. The molecule has 1 amide bonds. The van der Waals surface area contributed by atoms with Crippen LogP contribution in [0.4, 0.5) is 0 Å². The van der Waals surface area contributed by atoms with Crippen molar-refractivity contribution in [3.8, 4) is 0 Å². The Morgan fingerprint density at radius 3 is 2.40 bits per heavy atom. The van der Waals surface area contributed by atoms with Crippen molar-refractivity contribution in [1.29, 1.82) is 0 Å². The number of carbonyl (C=O) groups excluding carboxylic acids is 1. The molecule has 0 fully saturated rings. The molecule has 5 nitrogen and oxygen atoms in total. The van der Waals surface area contributed by atoms with E-state index < -0.39 is 17.9 Å². The fourth-order valence-corrected chi connectivity index (χ4v) is 0.863. The van der Waals surface area contributed by atoms with Gasteiger partial charge in [-0.1, -0.05) is 20.8 Å². The van der Waals surface area contributed by atoms with Crippen molar-refractivity contribution >= 4 is 11.9 Å². The molecule has 0 saturated carbocycles. The molecule has 4 N–H and O–H groups in total. The van der Waals surface area contributed by atoms with Gasteiger partial charge in [-0.3, -0.25) is 9.59 Å². The Kier molecular flexibility index (Phi) is 5.28. The van der Waals surface area contributed by atoms with Crippen LogP contribution < -0.4 is 11.1 Å². The maximum absolute atomic E-state index is 11.3. The molecule has 88 valence electrons. The van der Waals surface area contributed by atoms with E-state index in [0.717, 1.165) is 6.42 Å². The average Bonchev–Trinajstić information content (AvgIpc) is 2.13. The third-order valence-electron chi connectivity index (χ3n) is 2.43. The van der Waals surface area contributed by atoms with Gasteiger partial charge in [-0.15, -0.1) is 0 Å². The molecule has 0 aliphatic carbocycles. The molecule has 15 heavy (non-hydrogen) atoms. The van der Waals surface area contributed by atoms with Gasteiger partial charge in [0.1, 0.15) is 0 Å². The Bertz CT molecular complexity index is 239. The smallest absolute Gasteiger partial charge is 0.305 e. The zero-order valence-electron chi connectivity index (χ0n) is 9.54. The van der Waals surface area contributed by atoms with Crippen LogP contribution in [-0.4, -0.2) is 29.6 Å². The normalized spacial score (nSPS) is 13.3. The van der Waals surface area contributed by atoms with Gasteiger partial charge in [-0.2, -0.15) is 0 Å². The molecule has 0 aliphatic heterocycles.